The molecule has 2 aliphatic rings. The van der Waals surface area contributed by atoms with E-state index in [4.69, 9.17) is 0 Å². The van der Waals surface area contributed by atoms with Crippen LogP contribution in [-0.2, 0) is 0 Å². The van der Waals surface area contributed by atoms with Gasteiger partial charge in [0.1, 0.15) is 5.82 Å². The van der Waals surface area contributed by atoms with Gasteiger partial charge in [0.25, 0.3) is 0 Å². The number of benzene rings is 1. The fourth-order valence-corrected chi connectivity index (χ4v) is 5.10. The first-order valence-corrected chi connectivity index (χ1v) is 10.00. The molecule has 3 rings (SSSR count). The minimum atomic E-state index is -0.110. The molecule has 0 saturated heterocycles. The van der Waals surface area contributed by atoms with Crippen LogP contribution in [0.1, 0.15) is 89.0 Å². The Morgan fingerprint density at radius 1 is 0.783 bits per heavy atom. The third kappa shape index (κ3) is 4.81. The van der Waals surface area contributed by atoms with E-state index in [1.165, 1.54) is 76.2 Å². The maximum absolute atomic E-state index is 13.1. The Balaban J connectivity index is 1.40. The summed E-state index contributed by atoms with van der Waals surface area (Å²) in [6.45, 7) is 2.33. The van der Waals surface area contributed by atoms with Crippen LogP contribution in [0.2, 0.25) is 0 Å². The zero-order chi connectivity index (χ0) is 16.1. The Labute approximate surface area is 141 Å². The summed E-state index contributed by atoms with van der Waals surface area (Å²) >= 11 is 0. The van der Waals surface area contributed by atoms with Crippen molar-refractivity contribution in [3.63, 3.8) is 0 Å². The molecule has 0 spiro atoms. The van der Waals surface area contributed by atoms with Crippen LogP contribution in [0.15, 0.2) is 24.3 Å². The Kier molecular flexibility index (Phi) is 6.14. The van der Waals surface area contributed by atoms with Crippen molar-refractivity contribution in [1.82, 2.24) is 0 Å². The molecule has 1 aromatic rings. The van der Waals surface area contributed by atoms with E-state index in [2.05, 4.69) is 6.92 Å². The second kappa shape index (κ2) is 8.31. The second-order valence-electron chi connectivity index (χ2n) is 8.18. The molecule has 128 valence electrons. The summed E-state index contributed by atoms with van der Waals surface area (Å²) in [6.07, 6.45) is 15.6. The summed E-state index contributed by atoms with van der Waals surface area (Å²) in [7, 11) is 0. The lowest BCUT2D eigenvalue weighted by Gasteiger charge is -2.34. The van der Waals surface area contributed by atoms with Gasteiger partial charge in [-0.2, -0.15) is 0 Å². The molecule has 2 fully saturated rings. The highest BCUT2D eigenvalue weighted by molar-refractivity contribution is 5.20. The van der Waals surface area contributed by atoms with Gasteiger partial charge < -0.3 is 0 Å². The normalized spacial score (nSPS) is 31.9. The minimum absolute atomic E-state index is 0.110. The van der Waals surface area contributed by atoms with E-state index < -0.39 is 0 Å². The summed E-state index contributed by atoms with van der Waals surface area (Å²) in [6, 6.07) is 7.23. The van der Waals surface area contributed by atoms with E-state index in [0.29, 0.717) is 5.92 Å². The Hall–Kier alpha value is -0.850. The van der Waals surface area contributed by atoms with Gasteiger partial charge in [-0.3, -0.25) is 0 Å². The van der Waals surface area contributed by atoms with Crippen LogP contribution in [0.5, 0.6) is 0 Å². The Bertz CT molecular complexity index is 447. The largest absolute Gasteiger partial charge is 0.207 e. The van der Waals surface area contributed by atoms with Crippen molar-refractivity contribution in [2.75, 3.05) is 0 Å². The van der Waals surface area contributed by atoms with Crippen molar-refractivity contribution in [1.29, 1.82) is 0 Å². The monoisotopic (exact) mass is 316 g/mol. The van der Waals surface area contributed by atoms with Gasteiger partial charge in [0.2, 0.25) is 0 Å². The van der Waals surface area contributed by atoms with E-state index in [-0.39, 0.29) is 5.82 Å². The van der Waals surface area contributed by atoms with Crippen LogP contribution in [0.3, 0.4) is 0 Å². The molecule has 2 saturated carbocycles. The predicted octanol–water partition coefficient (Wildman–Crippen LogP) is 7.10. The molecule has 0 bridgehead atoms. The molecular weight excluding hydrogens is 283 g/mol. The molecule has 1 aromatic carbocycles. The molecule has 0 unspecified atom stereocenters. The molecule has 0 heterocycles. The highest BCUT2D eigenvalue weighted by atomic mass is 19.1. The smallest absolute Gasteiger partial charge is 0.123 e. The SMILES string of the molecule is CCCC1CCC(CC2CCC(c3ccc(F)cc3)CC2)CC1. The average Bonchev–Trinajstić information content (AvgIpc) is 2.58. The summed E-state index contributed by atoms with van der Waals surface area (Å²) in [5.41, 5.74) is 1.35. The third-order valence-electron chi connectivity index (χ3n) is 6.52. The number of halogens is 1. The zero-order valence-corrected chi connectivity index (χ0v) is 14.8. The fourth-order valence-electron chi connectivity index (χ4n) is 5.10. The Morgan fingerprint density at radius 3 is 1.87 bits per heavy atom. The van der Waals surface area contributed by atoms with Crippen molar-refractivity contribution < 1.29 is 4.39 Å². The van der Waals surface area contributed by atoms with Crippen molar-refractivity contribution in [2.24, 2.45) is 17.8 Å². The molecule has 0 nitrogen and oxygen atoms in total. The van der Waals surface area contributed by atoms with Gasteiger partial charge in [0, 0.05) is 0 Å². The third-order valence-corrected chi connectivity index (χ3v) is 6.52. The van der Waals surface area contributed by atoms with Crippen LogP contribution in [-0.4, -0.2) is 0 Å². The van der Waals surface area contributed by atoms with E-state index in [9.17, 15) is 4.39 Å². The van der Waals surface area contributed by atoms with Crippen LogP contribution >= 0.6 is 0 Å². The first kappa shape index (κ1) is 17.0. The first-order chi connectivity index (χ1) is 11.2. The van der Waals surface area contributed by atoms with Gasteiger partial charge in [0.05, 0.1) is 0 Å². The maximum atomic E-state index is 13.1. The van der Waals surface area contributed by atoms with E-state index >= 15 is 0 Å². The zero-order valence-electron chi connectivity index (χ0n) is 14.8. The van der Waals surface area contributed by atoms with Gasteiger partial charge in [-0.05, 0) is 73.5 Å². The van der Waals surface area contributed by atoms with Gasteiger partial charge in [-0.1, -0.05) is 57.6 Å². The summed E-state index contributed by atoms with van der Waals surface area (Å²) in [5.74, 6) is 3.56. The average molecular weight is 317 g/mol. The summed E-state index contributed by atoms with van der Waals surface area (Å²) in [5, 5.41) is 0. The lowest BCUT2D eigenvalue weighted by atomic mass is 9.72. The topological polar surface area (TPSA) is 0 Å². The van der Waals surface area contributed by atoms with Crippen LogP contribution < -0.4 is 0 Å². The van der Waals surface area contributed by atoms with Crippen LogP contribution in [0, 0.1) is 23.6 Å². The Morgan fingerprint density at radius 2 is 1.30 bits per heavy atom. The predicted molar refractivity (Wildman–Crippen MR) is 96.1 cm³/mol. The molecule has 0 amide bonds. The molecular formula is C22H33F. The van der Waals surface area contributed by atoms with E-state index in [1.807, 2.05) is 12.1 Å². The standard InChI is InChI=1S/C22H33F/c1-2-3-17-4-6-18(7-5-17)16-19-8-10-20(11-9-19)21-12-14-22(23)15-13-21/h12-15,17-20H,2-11,16H2,1H3. The van der Waals surface area contributed by atoms with Crippen LogP contribution in [0.4, 0.5) is 4.39 Å². The highest BCUT2D eigenvalue weighted by Crippen LogP contribution is 2.41. The lowest BCUT2D eigenvalue weighted by Crippen LogP contribution is -2.20. The van der Waals surface area contributed by atoms with Gasteiger partial charge in [-0.25, -0.2) is 4.39 Å². The van der Waals surface area contributed by atoms with Gasteiger partial charge in [-0.15, -0.1) is 0 Å². The molecule has 0 radical (unpaired) electrons. The van der Waals surface area contributed by atoms with Crippen molar-refractivity contribution in [2.45, 2.75) is 83.5 Å². The van der Waals surface area contributed by atoms with E-state index in [1.54, 1.807) is 12.1 Å². The number of hydrogen-bond acceptors (Lipinski definition) is 0. The molecule has 23 heavy (non-hydrogen) atoms. The molecule has 2 aliphatic carbocycles. The minimum Gasteiger partial charge on any atom is -0.207 e. The van der Waals surface area contributed by atoms with Crippen LogP contribution in [0.25, 0.3) is 0 Å². The first-order valence-electron chi connectivity index (χ1n) is 10.00. The molecule has 0 aromatic heterocycles. The highest BCUT2D eigenvalue weighted by Gasteiger charge is 2.27. The lowest BCUT2D eigenvalue weighted by molar-refractivity contribution is 0.200. The number of rotatable bonds is 5. The van der Waals surface area contributed by atoms with Gasteiger partial charge in [0.15, 0.2) is 0 Å². The second-order valence-corrected chi connectivity index (χ2v) is 8.18. The molecule has 0 atom stereocenters. The fraction of sp³-hybridized carbons (Fsp3) is 0.727. The van der Waals surface area contributed by atoms with Crippen molar-refractivity contribution in [3.8, 4) is 0 Å². The molecule has 0 N–H and O–H groups in total. The van der Waals surface area contributed by atoms with Gasteiger partial charge >= 0.3 is 0 Å². The molecule has 0 aliphatic heterocycles. The van der Waals surface area contributed by atoms with Crippen molar-refractivity contribution >= 4 is 0 Å². The van der Waals surface area contributed by atoms with E-state index in [0.717, 1.165) is 17.8 Å². The molecule has 1 heteroatoms. The summed E-state index contributed by atoms with van der Waals surface area (Å²) in [4.78, 5) is 0. The number of hydrogen-bond donors (Lipinski definition) is 0. The quantitative estimate of drug-likeness (QED) is 0.543. The summed E-state index contributed by atoms with van der Waals surface area (Å²) < 4.78 is 13.1. The van der Waals surface area contributed by atoms with Crippen molar-refractivity contribution in [3.05, 3.63) is 35.6 Å². The maximum Gasteiger partial charge on any atom is 0.123 e.